The molecule has 2 aromatic carbocycles. The second-order valence-corrected chi connectivity index (χ2v) is 6.84. The molecule has 0 bridgehead atoms. The normalized spacial score (nSPS) is 13.8. The Labute approximate surface area is 165 Å². The van der Waals surface area contributed by atoms with Gasteiger partial charge in [0.1, 0.15) is 5.75 Å². The van der Waals surface area contributed by atoms with Gasteiger partial charge in [-0.1, -0.05) is 6.07 Å². The first kappa shape index (κ1) is 19.5. The van der Waals surface area contributed by atoms with Crippen molar-refractivity contribution in [1.29, 1.82) is 0 Å². The quantitative estimate of drug-likeness (QED) is 0.851. The van der Waals surface area contributed by atoms with Crippen LogP contribution in [0.25, 0.3) is 0 Å². The molecule has 0 saturated carbocycles. The molecule has 1 aliphatic rings. The second-order valence-electron chi connectivity index (χ2n) is 6.84. The predicted octanol–water partition coefficient (Wildman–Crippen LogP) is 3.32. The number of nitrogens with zero attached hydrogens (tertiary/aromatic N) is 2. The Morgan fingerprint density at radius 2 is 1.54 bits per heavy atom. The summed E-state index contributed by atoms with van der Waals surface area (Å²) in [6.07, 6.45) is 0. The summed E-state index contributed by atoms with van der Waals surface area (Å²) in [6.45, 7) is 6.27. The van der Waals surface area contributed by atoms with E-state index in [1.165, 1.54) is 12.5 Å². The lowest BCUT2D eigenvalue weighted by Gasteiger charge is -2.36. The zero-order chi connectivity index (χ0) is 20.1. The molecule has 1 fully saturated rings. The first-order valence-electron chi connectivity index (χ1n) is 9.29. The maximum absolute atomic E-state index is 12.6. The first-order chi connectivity index (χ1) is 13.5. The van der Waals surface area contributed by atoms with Crippen molar-refractivity contribution in [3.05, 3.63) is 48.0 Å². The average Bonchev–Trinajstić information content (AvgIpc) is 2.69. The van der Waals surface area contributed by atoms with Crippen molar-refractivity contribution in [3.63, 3.8) is 0 Å². The number of hydrogen-bond donors (Lipinski definition) is 2. The van der Waals surface area contributed by atoms with Crippen LogP contribution in [-0.2, 0) is 4.79 Å². The molecule has 3 rings (SSSR count). The average molecular weight is 382 g/mol. The highest BCUT2D eigenvalue weighted by Crippen LogP contribution is 2.30. The van der Waals surface area contributed by atoms with Crippen molar-refractivity contribution in [2.45, 2.75) is 13.8 Å². The highest BCUT2D eigenvalue weighted by atomic mass is 16.5. The molecule has 2 aromatic rings. The summed E-state index contributed by atoms with van der Waals surface area (Å²) in [5.41, 5.74) is 3.64. The molecule has 0 atom stereocenters. The number of benzene rings is 2. The molecule has 1 heterocycles. The molecule has 0 aromatic heterocycles. The molecule has 1 aliphatic heterocycles. The lowest BCUT2D eigenvalue weighted by atomic mass is 10.1. The largest absolute Gasteiger partial charge is 0.495 e. The molecule has 28 heavy (non-hydrogen) atoms. The number of carbonyl (C=O) groups is 2. The van der Waals surface area contributed by atoms with Gasteiger partial charge >= 0.3 is 6.03 Å². The summed E-state index contributed by atoms with van der Waals surface area (Å²) in [5.74, 6) is 0.725. The Morgan fingerprint density at radius 3 is 2.11 bits per heavy atom. The van der Waals surface area contributed by atoms with E-state index in [9.17, 15) is 9.59 Å². The SMILES string of the molecule is COc1ccc(C)cc1N1CCN(C(=O)Nc2ccc(NC(C)=O)cc2)CC1. The molecule has 0 unspecified atom stereocenters. The van der Waals surface area contributed by atoms with Gasteiger partial charge in [-0.05, 0) is 48.9 Å². The minimum absolute atomic E-state index is 0.122. The molecule has 2 N–H and O–H groups in total. The molecule has 1 saturated heterocycles. The van der Waals surface area contributed by atoms with Crippen LogP contribution in [0.15, 0.2) is 42.5 Å². The summed E-state index contributed by atoms with van der Waals surface area (Å²) in [7, 11) is 1.68. The van der Waals surface area contributed by atoms with Crippen molar-refractivity contribution in [1.82, 2.24) is 4.90 Å². The van der Waals surface area contributed by atoms with Gasteiger partial charge in [-0.15, -0.1) is 0 Å². The third kappa shape index (κ3) is 4.73. The number of anilines is 3. The van der Waals surface area contributed by atoms with E-state index in [2.05, 4.69) is 28.5 Å². The van der Waals surface area contributed by atoms with Gasteiger partial charge in [0.25, 0.3) is 0 Å². The van der Waals surface area contributed by atoms with Crippen molar-refractivity contribution >= 4 is 29.0 Å². The Morgan fingerprint density at radius 1 is 0.929 bits per heavy atom. The molecule has 0 spiro atoms. The fraction of sp³-hybridized carbons (Fsp3) is 0.333. The number of piperazine rings is 1. The number of carbonyl (C=O) groups excluding carboxylic acids is 2. The number of amides is 3. The predicted molar refractivity (Wildman–Crippen MR) is 111 cm³/mol. The summed E-state index contributed by atoms with van der Waals surface area (Å²) in [4.78, 5) is 27.7. The van der Waals surface area contributed by atoms with Crippen LogP contribution in [-0.4, -0.2) is 50.1 Å². The van der Waals surface area contributed by atoms with Gasteiger partial charge in [0.05, 0.1) is 12.8 Å². The second kappa shape index (κ2) is 8.65. The first-order valence-corrected chi connectivity index (χ1v) is 9.29. The van der Waals surface area contributed by atoms with Crippen LogP contribution in [0.5, 0.6) is 5.75 Å². The van der Waals surface area contributed by atoms with Gasteiger partial charge in [0, 0.05) is 44.5 Å². The number of urea groups is 1. The van der Waals surface area contributed by atoms with Gasteiger partial charge in [0.2, 0.25) is 5.91 Å². The Balaban J connectivity index is 1.57. The van der Waals surface area contributed by atoms with E-state index in [-0.39, 0.29) is 11.9 Å². The van der Waals surface area contributed by atoms with Crippen LogP contribution in [0.2, 0.25) is 0 Å². The van der Waals surface area contributed by atoms with Gasteiger partial charge in [-0.2, -0.15) is 0 Å². The van der Waals surface area contributed by atoms with Crippen molar-refractivity contribution in [3.8, 4) is 5.75 Å². The van der Waals surface area contributed by atoms with Crippen LogP contribution >= 0.6 is 0 Å². The van der Waals surface area contributed by atoms with E-state index in [1.807, 2.05) is 12.1 Å². The monoisotopic (exact) mass is 382 g/mol. The van der Waals surface area contributed by atoms with Gasteiger partial charge in [-0.3, -0.25) is 4.79 Å². The zero-order valence-electron chi connectivity index (χ0n) is 16.5. The number of methoxy groups -OCH3 is 1. The molecule has 0 radical (unpaired) electrons. The minimum Gasteiger partial charge on any atom is -0.495 e. The van der Waals surface area contributed by atoms with Crippen molar-refractivity contribution < 1.29 is 14.3 Å². The molecule has 7 heteroatoms. The number of aryl methyl sites for hydroxylation is 1. The molecule has 0 aliphatic carbocycles. The topological polar surface area (TPSA) is 73.9 Å². The molecule has 3 amide bonds. The van der Waals surface area contributed by atoms with E-state index in [0.29, 0.717) is 24.5 Å². The van der Waals surface area contributed by atoms with E-state index in [1.54, 1.807) is 36.3 Å². The third-order valence-electron chi connectivity index (χ3n) is 4.70. The Hall–Kier alpha value is -3.22. The summed E-state index contributed by atoms with van der Waals surface area (Å²) < 4.78 is 5.48. The third-order valence-corrected chi connectivity index (χ3v) is 4.70. The summed E-state index contributed by atoms with van der Waals surface area (Å²) in [6, 6.07) is 13.1. The van der Waals surface area contributed by atoms with Crippen LogP contribution in [0.4, 0.5) is 21.9 Å². The number of rotatable bonds is 4. The summed E-state index contributed by atoms with van der Waals surface area (Å²) in [5, 5.41) is 5.61. The zero-order valence-corrected chi connectivity index (χ0v) is 16.5. The lowest BCUT2D eigenvalue weighted by molar-refractivity contribution is -0.114. The fourth-order valence-corrected chi connectivity index (χ4v) is 3.24. The van der Waals surface area contributed by atoms with Gasteiger partial charge in [-0.25, -0.2) is 4.79 Å². The van der Waals surface area contributed by atoms with E-state index >= 15 is 0 Å². The van der Waals surface area contributed by atoms with Crippen LogP contribution in [0.3, 0.4) is 0 Å². The minimum atomic E-state index is -0.125. The molecule has 7 nitrogen and oxygen atoms in total. The molecular formula is C21H26N4O3. The number of ether oxygens (including phenoxy) is 1. The maximum Gasteiger partial charge on any atom is 0.321 e. The van der Waals surface area contributed by atoms with Gasteiger partial charge in [0.15, 0.2) is 0 Å². The maximum atomic E-state index is 12.6. The van der Waals surface area contributed by atoms with Crippen LogP contribution in [0.1, 0.15) is 12.5 Å². The Kier molecular flexibility index (Phi) is 6.03. The standard InChI is InChI=1S/C21H26N4O3/c1-15-4-9-20(28-3)19(14-15)24-10-12-25(13-11-24)21(27)23-18-7-5-17(6-8-18)22-16(2)26/h4-9,14H,10-13H2,1-3H3,(H,22,26)(H,23,27). The van der Waals surface area contributed by atoms with E-state index < -0.39 is 0 Å². The van der Waals surface area contributed by atoms with E-state index in [4.69, 9.17) is 4.74 Å². The summed E-state index contributed by atoms with van der Waals surface area (Å²) >= 11 is 0. The molecule has 148 valence electrons. The highest BCUT2D eigenvalue weighted by Gasteiger charge is 2.23. The van der Waals surface area contributed by atoms with Crippen molar-refractivity contribution in [2.75, 3.05) is 48.8 Å². The smallest absolute Gasteiger partial charge is 0.321 e. The van der Waals surface area contributed by atoms with Crippen LogP contribution in [0, 0.1) is 6.92 Å². The number of hydrogen-bond acceptors (Lipinski definition) is 4. The molecular weight excluding hydrogens is 356 g/mol. The van der Waals surface area contributed by atoms with Gasteiger partial charge < -0.3 is 25.2 Å². The van der Waals surface area contributed by atoms with E-state index in [0.717, 1.165) is 24.5 Å². The Bertz CT molecular complexity index is 843. The highest BCUT2D eigenvalue weighted by molar-refractivity contribution is 5.91. The fourth-order valence-electron chi connectivity index (χ4n) is 3.24. The number of nitrogens with one attached hydrogen (secondary N) is 2. The van der Waals surface area contributed by atoms with Crippen LogP contribution < -0.4 is 20.3 Å². The van der Waals surface area contributed by atoms with Crippen molar-refractivity contribution in [2.24, 2.45) is 0 Å². The lowest BCUT2D eigenvalue weighted by Crippen LogP contribution is -2.50.